The van der Waals surface area contributed by atoms with Gasteiger partial charge in [0, 0.05) is 13.1 Å². The van der Waals surface area contributed by atoms with Gasteiger partial charge >= 0.3 is 5.97 Å². The second-order valence-electron chi connectivity index (χ2n) is 5.23. The van der Waals surface area contributed by atoms with Crippen molar-refractivity contribution in [2.75, 3.05) is 20.2 Å². The standard InChI is InChI=1S/C12H25NO3/c1-6-7-12(4,15)9-13-8-11(2,3)10(14)16-5/h13,15H,6-9H2,1-5H3. The largest absolute Gasteiger partial charge is 0.469 e. The maximum atomic E-state index is 11.4. The molecular formula is C12H25NO3. The molecule has 0 heterocycles. The number of carbonyl (C=O) groups excluding carboxylic acids is 1. The lowest BCUT2D eigenvalue weighted by Gasteiger charge is -2.27. The van der Waals surface area contributed by atoms with E-state index in [1.807, 2.05) is 20.8 Å². The minimum atomic E-state index is -0.707. The highest BCUT2D eigenvalue weighted by Crippen LogP contribution is 2.16. The highest BCUT2D eigenvalue weighted by atomic mass is 16.5. The van der Waals surface area contributed by atoms with Crippen molar-refractivity contribution in [1.29, 1.82) is 0 Å². The zero-order valence-electron chi connectivity index (χ0n) is 11.1. The molecule has 0 aromatic carbocycles. The van der Waals surface area contributed by atoms with Crippen LogP contribution in [0.3, 0.4) is 0 Å². The van der Waals surface area contributed by atoms with Gasteiger partial charge in [0.25, 0.3) is 0 Å². The maximum absolute atomic E-state index is 11.4. The van der Waals surface area contributed by atoms with E-state index >= 15 is 0 Å². The first-order valence-electron chi connectivity index (χ1n) is 5.76. The number of hydrogen-bond acceptors (Lipinski definition) is 4. The fourth-order valence-corrected chi connectivity index (χ4v) is 1.62. The van der Waals surface area contributed by atoms with E-state index < -0.39 is 11.0 Å². The van der Waals surface area contributed by atoms with Gasteiger partial charge in [-0.15, -0.1) is 0 Å². The van der Waals surface area contributed by atoms with E-state index in [1.165, 1.54) is 7.11 Å². The van der Waals surface area contributed by atoms with Crippen LogP contribution in [0.1, 0.15) is 40.5 Å². The predicted molar refractivity (Wildman–Crippen MR) is 64.2 cm³/mol. The fraction of sp³-hybridized carbons (Fsp3) is 0.917. The first kappa shape index (κ1) is 15.4. The molecule has 0 bridgehead atoms. The summed E-state index contributed by atoms with van der Waals surface area (Å²) in [6.07, 6.45) is 1.69. The van der Waals surface area contributed by atoms with Crippen molar-refractivity contribution in [3.05, 3.63) is 0 Å². The number of hydrogen-bond donors (Lipinski definition) is 2. The summed E-state index contributed by atoms with van der Waals surface area (Å²) in [5, 5.41) is 13.0. The number of rotatable bonds is 7. The van der Waals surface area contributed by atoms with Gasteiger partial charge in [-0.25, -0.2) is 0 Å². The molecule has 0 radical (unpaired) electrons. The Kier molecular flexibility index (Phi) is 5.97. The molecule has 4 nitrogen and oxygen atoms in total. The number of nitrogens with one attached hydrogen (secondary N) is 1. The van der Waals surface area contributed by atoms with Gasteiger partial charge in [-0.3, -0.25) is 4.79 Å². The van der Waals surface area contributed by atoms with Gasteiger partial charge in [0.1, 0.15) is 0 Å². The van der Waals surface area contributed by atoms with Crippen LogP contribution in [0.15, 0.2) is 0 Å². The van der Waals surface area contributed by atoms with Crippen LogP contribution in [0.25, 0.3) is 0 Å². The summed E-state index contributed by atoms with van der Waals surface area (Å²) >= 11 is 0. The van der Waals surface area contributed by atoms with Crippen LogP contribution in [0.4, 0.5) is 0 Å². The van der Waals surface area contributed by atoms with E-state index in [0.717, 1.165) is 12.8 Å². The zero-order chi connectivity index (χ0) is 12.8. The Balaban J connectivity index is 4.02. The molecule has 0 fully saturated rings. The summed E-state index contributed by atoms with van der Waals surface area (Å²) in [7, 11) is 1.39. The fourth-order valence-electron chi connectivity index (χ4n) is 1.62. The summed E-state index contributed by atoms with van der Waals surface area (Å²) in [5.41, 5.74) is -1.27. The van der Waals surface area contributed by atoms with Crippen LogP contribution in [-0.2, 0) is 9.53 Å². The Bertz CT molecular complexity index is 224. The van der Waals surface area contributed by atoms with Crippen LogP contribution in [-0.4, -0.2) is 36.9 Å². The van der Waals surface area contributed by atoms with Crippen LogP contribution < -0.4 is 5.32 Å². The smallest absolute Gasteiger partial charge is 0.312 e. The highest BCUT2D eigenvalue weighted by Gasteiger charge is 2.29. The maximum Gasteiger partial charge on any atom is 0.312 e. The average molecular weight is 231 g/mol. The number of aliphatic hydroxyl groups is 1. The molecule has 0 amide bonds. The van der Waals surface area contributed by atoms with Crippen LogP contribution in [0.5, 0.6) is 0 Å². The predicted octanol–water partition coefficient (Wildman–Crippen LogP) is 1.33. The number of carbonyl (C=O) groups is 1. The molecule has 4 heteroatoms. The first-order chi connectivity index (χ1) is 7.25. The van der Waals surface area contributed by atoms with Crippen molar-refractivity contribution >= 4 is 5.97 Å². The van der Waals surface area contributed by atoms with E-state index in [9.17, 15) is 9.90 Å². The Morgan fingerprint density at radius 1 is 1.31 bits per heavy atom. The van der Waals surface area contributed by atoms with Gasteiger partial charge in [0.05, 0.1) is 18.1 Å². The van der Waals surface area contributed by atoms with Gasteiger partial charge in [-0.05, 0) is 27.2 Å². The molecule has 0 rings (SSSR count). The minimum absolute atomic E-state index is 0.241. The third-order valence-electron chi connectivity index (χ3n) is 2.60. The summed E-state index contributed by atoms with van der Waals surface area (Å²) < 4.78 is 4.70. The van der Waals surface area contributed by atoms with Gasteiger partial charge in [0.15, 0.2) is 0 Å². The zero-order valence-corrected chi connectivity index (χ0v) is 11.1. The Labute approximate surface area is 98.4 Å². The molecule has 1 unspecified atom stereocenters. The van der Waals surface area contributed by atoms with Crippen molar-refractivity contribution in [3.8, 4) is 0 Å². The number of ether oxygens (including phenoxy) is 1. The molecule has 0 spiro atoms. The SMILES string of the molecule is CCCC(C)(O)CNCC(C)(C)C(=O)OC. The molecular weight excluding hydrogens is 206 g/mol. The van der Waals surface area contributed by atoms with E-state index in [0.29, 0.717) is 13.1 Å². The van der Waals surface area contributed by atoms with Crippen LogP contribution >= 0.6 is 0 Å². The summed E-state index contributed by atoms with van der Waals surface area (Å²) in [5.74, 6) is -0.241. The second-order valence-corrected chi connectivity index (χ2v) is 5.23. The molecule has 0 saturated carbocycles. The van der Waals surface area contributed by atoms with Gasteiger partial charge in [-0.2, -0.15) is 0 Å². The van der Waals surface area contributed by atoms with Gasteiger partial charge in [-0.1, -0.05) is 13.3 Å². The molecule has 0 aliphatic heterocycles. The van der Waals surface area contributed by atoms with Crippen molar-refractivity contribution < 1.29 is 14.6 Å². The normalized spacial score (nSPS) is 15.6. The van der Waals surface area contributed by atoms with E-state index in [4.69, 9.17) is 4.74 Å². The van der Waals surface area contributed by atoms with Crippen LogP contribution in [0.2, 0.25) is 0 Å². The van der Waals surface area contributed by atoms with Crippen molar-refractivity contribution in [2.24, 2.45) is 5.41 Å². The van der Waals surface area contributed by atoms with Crippen molar-refractivity contribution in [2.45, 2.75) is 46.1 Å². The van der Waals surface area contributed by atoms with E-state index in [-0.39, 0.29) is 5.97 Å². The third-order valence-corrected chi connectivity index (χ3v) is 2.60. The third kappa shape index (κ3) is 5.47. The molecule has 1 atom stereocenters. The molecule has 0 aromatic rings. The molecule has 0 aromatic heterocycles. The van der Waals surface area contributed by atoms with E-state index in [1.54, 1.807) is 6.92 Å². The van der Waals surface area contributed by atoms with Crippen molar-refractivity contribution in [3.63, 3.8) is 0 Å². The summed E-state index contributed by atoms with van der Waals surface area (Å²) in [6.45, 7) is 8.46. The van der Waals surface area contributed by atoms with Crippen LogP contribution in [0, 0.1) is 5.41 Å². The summed E-state index contributed by atoms with van der Waals surface area (Å²) in [6, 6.07) is 0. The Morgan fingerprint density at radius 2 is 1.88 bits per heavy atom. The number of methoxy groups -OCH3 is 1. The van der Waals surface area contributed by atoms with Crippen molar-refractivity contribution in [1.82, 2.24) is 5.32 Å². The molecule has 0 saturated heterocycles. The molecule has 0 aliphatic rings. The molecule has 16 heavy (non-hydrogen) atoms. The van der Waals surface area contributed by atoms with Gasteiger partial charge < -0.3 is 15.2 Å². The molecule has 96 valence electrons. The summed E-state index contributed by atoms with van der Waals surface area (Å²) in [4.78, 5) is 11.4. The van der Waals surface area contributed by atoms with Gasteiger partial charge in [0.2, 0.25) is 0 Å². The highest BCUT2D eigenvalue weighted by molar-refractivity contribution is 5.76. The number of esters is 1. The second kappa shape index (κ2) is 6.21. The Morgan fingerprint density at radius 3 is 2.31 bits per heavy atom. The molecule has 0 aliphatic carbocycles. The monoisotopic (exact) mass is 231 g/mol. The average Bonchev–Trinajstić information content (AvgIpc) is 2.15. The lowest BCUT2D eigenvalue weighted by Crippen LogP contribution is -2.43. The Hall–Kier alpha value is -0.610. The topological polar surface area (TPSA) is 58.6 Å². The van der Waals surface area contributed by atoms with E-state index in [2.05, 4.69) is 5.32 Å². The quantitative estimate of drug-likeness (QED) is 0.649. The minimum Gasteiger partial charge on any atom is -0.469 e. The molecule has 2 N–H and O–H groups in total. The first-order valence-corrected chi connectivity index (χ1v) is 5.76. The lowest BCUT2D eigenvalue weighted by molar-refractivity contribution is -0.150. The lowest BCUT2D eigenvalue weighted by atomic mass is 9.93.